The van der Waals surface area contributed by atoms with E-state index in [4.69, 9.17) is 5.11 Å². The predicted molar refractivity (Wildman–Crippen MR) is 91.7 cm³/mol. The van der Waals surface area contributed by atoms with E-state index in [9.17, 15) is 4.79 Å². The van der Waals surface area contributed by atoms with Gasteiger partial charge in [-0.1, -0.05) is 6.07 Å². The summed E-state index contributed by atoms with van der Waals surface area (Å²) in [6.45, 7) is 2.21. The number of carboxylic acids is 1. The van der Waals surface area contributed by atoms with E-state index in [-0.39, 0.29) is 0 Å². The highest BCUT2D eigenvalue weighted by Crippen LogP contribution is 2.29. The Bertz CT molecular complexity index is 491. The lowest BCUT2D eigenvalue weighted by Crippen LogP contribution is -2.29. The van der Waals surface area contributed by atoms with Gasteiger partial charge in [0.2, 0.25) is 0 Å². The zero-order valence-electron chi connectivity index (χ0n) is 12.0. The summed E-state index contributed by atoms with van der Waals surface area (Å²) in [5.41, 5.74) is 1.99. The van der Waals surface area contributed by atoms with Gasteiger partial charge in [-0.2, -0.15) is 11.8 Å². The van der Waals surface area contributed by atoms with Crippen molar-refractivity contribution < 1.29 is 9.90 Å². The van der Waals surface area contributed by atoms with Gasteiger partial charge in [-0.15, -0.1) is 0 Å². The van der Waals surface area contributed by atoms with Crippen LogP contribution in [-0.4, -0.2) is 36.2 Å². The van der Waals surface area contributed by atoms with Crippen LogP contribution >= 0.6 is 27.7 Å². The molecule has 0 saturated carbocycles. The number of halogens is 1. The van der Waals surface area contributed by atoms with Gasteiger partial charge in [-0.25, -0.2) is 4.79 Å². The smallest absolute Gasteiger partial charge is 0.328 e. The maximum atomic E-state index is 10.5. The van der Waals surface area contributed by atoms with Crippen LogP contribution < -0.4 is 4.90 Å². The Balaban J connectivity index is 2.84. The Labute approximate surface area is 133 Å². The number of carboxylic acid groups (broad SMARTS) is 1. The summed E-state index contributed by atoms with van der Waals surface area (Å²) in [6, 6.07) is 6.34. The zero-order valence-corrected chi connectivity index (χ0v) is 14.4. The minimum atomic E-state index is -0.937. The van der Waals surface area contributed by atoms with Crippen LogP contribution in [0.15, 0.2) is 28.7 Å². The molecule has 5 heteroatoms. The molecule has 0 aliphatic carbocycles. The molecule has 1 unspecified atom stereocenters. The molecule has 0 radical (unpaired) electrons. The number of anilines is 1. The fourth-order valence-corrected chi connectivity index (χ4v) is 3.05. The molecule has 1 atom stereocenters. The number of carbonyl (C=O) groups is 1. The van der Waals surface area contributed by atoms with E-state index in [0.717, 1.165) is 34.0 Å². The second kappa shape index (κ2) is 8.37. The van der Waals surface area contributed by atoms with Gasteiger partial charge in [-0.05, 0) is 65.1 Å². The average molecular weight is 358 g/mol. The van der Waals surface area contributed by atoms with Crippen molar-refractivity contribution in [1.82, 2.24) is 0 Å². The van der Waals surface area contributed by atoms with Crippen LogP contribution in [0.2, 0.25) is 0 Å². The zero-order chi connectivity index (χ0) is 15.1. The molecule has 0 spiro atoms. The molecule has 1 aromatic carbocycles. The summed E-state index contributed by atoms with van der Waals surface area (Å²) in [5.74, 6) is 0.204. The van der Waals surface area contributed by atoms with Crippen LogP contribution in [0.5, 0.6) is 0 Å². The van der Waals surface area contributed by atoms with Crippen molar-refractivity contribution in [2.45, 2.75) is 19.4 Å². The van der Waals surface area contributed by atoms with Crippen molar-refractivity contribution in [1.29, 1.82) is 0 Å². The lowest BCUT2D eigenvalue weighted by molar-refractivity contribution is -0.131. The number of hydrogen-bond acceptors (Lipinski definition) is 3. The summed E-state index contributed by atoms with van der Waals surface area (Å²) >= 11 is 5.42. The number of nitrogens with zero attached hydrogens (tertiary/aromatic N) is 1. The van der Waals surface area contributed by atoms with Crippen molar-refractivity contribution in [2.75, 3.05) is 24.0 Å². The SMILES string of the molecule is CSCCC(C)N(C)c1ccc(/C=C/C(=O)O)cc1Br. The van der Waals surface area contributed by atoms with E-state index in [0.29, 0.717) is 6.04 Å². The average Bonchev–Trinajstić information content (AvgIpc) is 2.41. The molecule has 0 aliphatic rings. The number of thioether (sulfide) groups is 1. The van der Waals surface area contributed by atoms with Crippen molar-refractivity contribution >= 4 is 45.4 Å². The van der Waals surface area contributed by atoms with Crippen molar-refractivity contribution in [3.05, 3.63) is 34.3 Å². The molecule has 0 heterocycles. The second-order valence-electron chi connectivity index (χ2n) is 4.62. The number of benzene rings is 1. The summed E-state index contributed by atoms with van der Waals surface area (Å²) in [6.07, 6.45) is 5.98. The number of hydrogen-bond donors (Lipinski definition) is 1. The fraction of sp³-hybridized carbons (Fsp3) is 0.400. The Kier molecular flexibility index (Phi) is 7.16. The molecule has 0 amide bonds. The molecular weight excluding hydrogens is 338 g/mol. The Hall–Kier alpha value is -0.940. The van der Waals surface area contributed by atoms with Crippen LogP contribution in [0.4, 0.5) is 5.69 Å². The molecular formula is C15H20BrNO2S. The lowest BCUT2D eigenvalue weighted by Gasteiger charge is -2.28. The summed E-state index contributed by atoms with van der Waals surface area (Å²) in [5, 5.41) is 8.63. The van der Waals surface area contributed by atoms with Crippen LogP contribution in [0.3, 0.4) is 0 Å². The van der Waals surface area contributed by atoms with Crippen LogP contribution in [0, 0.1) is 0 Å². The number of aliphatic carboxylic acids is 1. The minimum Gasteiger partial charge on any atom is -0.478 e. The van der Waals surface area contributed by atoms with Crippen LogP contribution in [0.1, 0.15) is 18.9 Å². The monoisotopic (exact) mass is 357 g/mol. The molecule has 1 rings (SSSR count). The molecule has 20 heavy (non-hydrogen) atoms. The summed E-state index contributed by atoms with van der Waals surface area (Å²) in [4.78, 5) is 12.8. The first-order valence-corrected chi connectivity index (χ1v) is 8.56. The summed E-state index contributed by atoms with van der Waals surface area (Å²) < 4.78 is 0.976. The maximum absolute atomic E-state index is 10.5. The largest absolute Gasteiger partial charge is 0.478 e. The van der Waals surface area contributed by atoms with E-state index in [1.165, 1.54) is 0 Å². The minimum absolute atomic E-state index is 0.458. The molecule has 3 nitrogen and oxygen atoms in total. The van der Waals surface area contributed by atoms with Crippen LogP contribution in [0.25, 0.3) is 6.08 Å². The predicted octanol–water partition coefficient (Wildman–Crippen LogP) is 4.12. The van der Waals surface area contributed by atoms with Crippen molar-refractivity contribution in [2.24, 2.45) is 0 Å². The van der Waals surface area contributed by atoms with Crippen LogP contribution in [-0.2, 0) is 4.79 Å². The first-order valence-electron chi connectivity index (χ1n) is 6.38. The molecule has 0 saturated heterocycles. The molecule has 0 aromatic heterocycles. The first kappa shape index (κ1) is 17.1. The van der Waals surface area contributed by atoms with Gasteiger partial charge in [0.05, 0.1) is 5.69 Å². The Morgan fingerprint density at radius 3 is 2.80 bits per heavy atom. The van der Waals surface area contributed by atoms with Gasteiger partial charge in [0.15, 0.2) is 0 Å². The van der Waals surface area contributed by atoms with Gasteiger partial charge in [-0.3, -0.25) is 0 Å². The molecule has 0 bridgehead atoms. The van der Waals surface area contributed by atoms with E-state index >= 15 is 0 Å². The standard InChI is InChI=1S/C15H20BrNO2S/c1-11(8-9-20-3)17(2)14-6-4-12(10-13(14)16)5-7-15(18)19/h4-7,10-11H,8-9H2,1-3H3,(H,18,19)/b7-5+. The maximum Gasteiger partial charge on any atom is 0.328 e. The highest BCUT2D eigenvalue weighted by atomic mass is 79.9. The molecule has 0 aliphatic heterocycles. The van der Waals surface area contributed by atoms with Gasteiger partial charge in [0.25, 0.3) is 0 Å². The molecule has 1 N–H and O–H groups in total. The molecule has 1 aromatic rings. The Morgan fingerprint density at radius 1 is 1.55 bits per heavy atom. The first-order chi connectivity index (χ1) is 9.45. The quantitative estimate of drug-likeness (QED) is 0.745. The highest BCUT2D eigenvalue weighted by molar-refractivity contribution is 9.10. The molecule has 0 fully saturated rings. The van der Waals surface area contributed by atoms with Gasteiger partial charge < -0.3 is 10.0 Å². The third-order valence-electron chi connectivity index (χ3n) is 3.17. The summed E-state index contributed by atoms with van der Waals surface area (Å²) in [7, 11) is 2.08. The number of rotatable bonds is 7. The normalized spacial score (nSPS) is 12.6. The third-order valence-corrected chi connectivity index (χ3v) is 4.45. The molecule has 110 valence electrons. The second-order valence-corrected chi connectivity index (χ2v) is 6.46. The highest BCUT2D eigenvalue weighted by Gasteiger charge is 2.12. The topological polar surface area (TPSA) is 40.5 Å². The van der Waals surface area contributed by atoms with E-state index in [1.54, 1.807) is 6.08 Å². The van der Waals surface area contributed by atoms with Crippen molar-refractivity contribution in [3.63, 3.8) is 0 Å². The van der Waals surface area contributed by atoms with E-state index < -0.39 is 5.97 Å². The van der Waals surface area contributed by atoms with Gasteiger partial charge in [0.1, 0.15) is 0 Å². The van der Waals surface area contributed by atoms with Gasteiger partial charge >= 0.3 is 5.97 Å². The van der Waals surface area contributed by atoms with E-state index in [1.807, 2.05) is 30.0 Å². The fourth-order valence-electron chi connectivity index (χ4n) is 1.80. The Morgan fingerprint density at radius 2 is 2.25 bits per heavy atom. The van der Waals surface area contributed by atoms with Gasteiger partial charge in [0, 0.05) is 23.6 Å². The van der Waals surface area contributed by atoms with Crippen molar-refractivity contribution in [3.8, 4) is 0 Å². The lowest BCUT2D eigenvalue weighted by atomic mass is 10.1. The third kappa shape index (κ3) is 5.21. The van der Waals surface area contributed by atoms with E-state index in [2.05, 4.69) is 41.1 Å².